The topological polar surface area (TPSA) is 67.4 Å². The largest absolute Gasteiger partial charge is 0.379 e. The third-order valence-electron chi connectivity index (χ3n) is 2.84. The van der Waals surface area contributed by atoms with Crippen molar-refractivity contribution in [2.75, 3.05) is 19.7 Å². The summed E-state index contributed by atoms with van der Waals surface area (Å²) in [6.45, 7) is 5.51. The van der Waals surface area contributed by atoms with Gasteiger partial charge in [0.1, 0.15) is 0 Å². The van der Waals surface area contributed by atoms with Gasteiger partial charge in [-0.1, -0.05) is 15.9 Å². The van der Waals surface area contributed by atoms with Gasteiger partial charge in [0, 0.05) is 36.2 Å². The Balaban J connectivity index is 2.11. The molecule has 6 heteroatoms. The summed E-state index contributed by atoms with van der Waals surface area (Å²) in [6.07, 6.45) is 1.27. The van der Waals surface area contributed by atoms with Crippen LogP contribution in [0.2, 0.25) is 0 Å². The first kappa shape index (κ1) is 18.6. The number of halogens is 1. The number of benzene rings is 1. The van der Waals surface area contributed by atoms with Crippen molar-refractivity contribution in [3.05, 3.63) is 34.3 Å². The van der Waals surface area contributed by atoms with E-state index in [0.29, 0.717) is 25.3 Å². The molecular weight excluding hydrogens is 348 g/mol. The Hall–Kier alpha value is -1.40. The van der Waals surface area contributed by atoms with Crippen molar-refractivity contribution < 1.29 is 14.3 Å². The van der Waals surface area contributed by atoms with Crippen LogP contribution in [0.3, 0.4) is 0 Å². The number of hydrogen-bond acceptors (Lipinski definition) is 3. The molecule has 0 fully saturated rings. The normalized spacial score (nSPS) is 10.5. The van der Waals surface area contributed by atoms with Gasteiger partial charge in [-0.25, -0.2) is 0 Å². The first-order valence-corrected chi connectivity index (χ1v) is 8.20. The summed E-state index contributed by atoms with van der Waals surface area (Å²) in [4.78, 5) is 23.4. The number of carbonyl (C=O) groups excluding carboxylic acids is 2. The number of amides is 2. The van der Waals surface area contributed by atoms with Crippen LogP contribution in [0.4, 0.5) is 0 Å². The molecule has 1 aromatic carbocycles. The molecule has 0 aliphatic carbocycles. The van der Waals surface area contributed by atoms with Crippen molar-refractivity contribution in [3.8, 4) is 0 Å². The van der Waals surface area contributed by atoms with Crippen LogP contribution in [0.5, 0.6) is 0 Å². The van der Waals surface area contributed by atoms with Gasteiger partial charge in [0.2, 0.25) is 5.91 Å². The summed E-state index contributed by atoms with van der Waals surface area (Å²) in [6, 6.07) is 7.07. The molecular formula is C16H23BrN2O3. The van der Waals surface area contributed by atoms with E-state index in [4.69, 9.17) is 4.74 Å². The Kier molecular flexibility index (Phi) is 8.77. The van der Waals surface area contributed by atoms with Gasteiger partial charge in [-0.2, -0.15) is 0 Å². The lowest BCUT2D eigenvalue weighted by Gasteiger charge is -2.09. The fourth-order valence-electron chi connectivity index (χ4n) is 1.70. The van der Waals surface area contributed by atoms with Crippen LogP contribution in [0, 0.1) is 0 Å². The molecule has 2 N–H and O–H groups in total. The maximum Gasteiger partial charge on any atom is 0.251 e. The second kappa shape index (κ2) is 10.3. The van der Waals surface area contributed by atoms with Gasteiger partial charge in [0.05, 0.1) is 6.10 Å². The third kappa shape index (κ3) is 8.14. The Morgan fingerprint density at radius 2 is 1.82 bits per heavy atom. The smallest absolute Gasteiger partial charge is 0.251 e. The Morgan fingerprint density at radius 1 is 1.14 bits per heavy atom. The second-order valence-corrected chi connectivity index (χ2v) is 6.05. The number of nitrogens with one attached hydrogen (secondary N) is 2. The van der Waals surface area contributed by atoms with Gasteiger partial charge in [-0.3, -0.25) is 9.59 Å². The molecule has 0 unspecified atom stereocenters. The minimum Gasteiger partial charge on any atom is -0.379 e. The van der Waals surface area contributed by atoms with E-state index in [1.807, 2.05) is 13.8 Å². The standard InChI is InChI=1S/C16H23BrN2O3/c1-12(2)22-11-3-9-18-15(20)8-10-19-16(21)13-4-6-14(17)7-5-13/h4-7,12H,3,8-11H2,1-2H3,(H,18,20)(H,19,21). The monoisotopic (exact) mass is 370 g/mol. The van der Waals surface area contributed by atoms with Gasteiger partial charge in [0.25, 0.3) is 5.91 Å². The molecule has 122 valence electrons. The predicted octanol–water partition coefficient (Wildman–Crippen LogP) is 2.50. The molecule has 0 saturated heterocycles. The molecule has 2 amide bonds. The summed E-state index contributed by atoms with van der Waals surface area (Å²) in [7, 11) is 0. The minimum absolute atomic E-state index is 0.0688. The zero-order valence-corrected chi connectivity index (χ0v) is 14.6. The highest BCUT2D eigenvalue weighted by atomic mass is 79.9. The van der Waals surface area contributed by atoms with E-state index in [9.17, 15) is 9.59 Å². The van der Waals surface area contributed by atoms with Crippen LogP contribution >= 0.6 is 15.9 Å². The Labute approximate surface area is 139 Å². The van der Waals surface area contributed by atoms with Gasteiger partial charge in [-0.15, -0.1) is 0 Å². The molecule has 22 heavy (non-hydrogen) atoms. The lowest BCUT2D eigenvalue weighted by atomic mass is 10.2. The highest BCUT2D eigenvalue weighted by Gasteiger charge is 2.06. The maximum absolute atomic E-state index is 11.8. The van der Waals surface area contributed by atoms with Crippen LogP contribution in [0.15, 0.2) is 28.7 Å². The van der Waals surface area contributed by atoms with Gasteiger partial charge in [0.15, 0.2) is 0 Å². The highest BCUT2D eigenvalue weighted by Crippen LogP contribution is 2.10. The molecule has 1 rings (SSSR count). The summed E-state index contributed by atoms with van der Waals surface area (Å²) in [5, 5.41) is 5.53. The van der Waals surface area contributed by atoms with Gasteiger partial charge >= 0.3 is 0 Å². The van der Waals surface area contributed by atoms with E-state index >= 15 is 0 Å². The fraction of sp³-hybridized carbons (Fsp3) is 0.500. The van der Waals surface area contributed by atoms with E-state index in [0.717, 1.165) is 10.9 Å². The highest BCUT2D eigenvalue weighted by molar-refractivity contribution is 9.10. The molecule has 0 bridgehead atoms. The van der Waals surface area contributed by atoms with Crippen LogP contribution in [-0.2, 0) is 9.53 Å². The second-order valence-electron chi connectivity index (χ2n) is 5.14. The number of hydrogen-bond donors (Lipinski definition) is 2. The summed E-state index contributed by atoms with van der Waals surface area (Å²) < 4.78 is 6.30. The molecule has 0 aliphatic heterocycles. The lowest BCUT2D eigenvalue weighted by molar-refractivity contribution is -0.121. The number of carbonyl (C=O) groups is 2. The third-order valence-corrected chi connectivity index (χ3v) is 3.37. The summed E-state index contributed by atoms with van der Waals surface area (Å²) in [5.41, 5.74) is 0.578. The summed E-state index contributed by atoms with van der Waals surface area (Å²) >= 11 is 3.32. The van der Waals surface area contributed by atoms with Crippen molar-refractivity contribution in [1.82, 2.24) is 10.6 Å². The zero-order valence-electron chi connectivity index (χ0n) is 13.0. The molecule has 0 saturated carbocycles. The van der Waals surface area contributed by atoms with E-state index in [1.54, 1.807) is 24.3 Å². The number of ether oxygens (including phenoxy) is 1. The fourth-order valence-corrected chi connectivity index (χ4v) is 1.96. The molecule has 1 aromatic rings. The van der Waals surface area contributed by atoms with E-state index in [1.165, 1.54) is 0 Å². The molecule has 0 aromatic heterocycles. The maximum atomic E-state index is 11.8. The van der Waals surface area contributed by atoms with Crippen molar-refractivity contribution in [3.63, 3.8) is 0 Å². The minimum atomic E-state index is -0.175. The SMILES string of the molecule is CC(C)OCCCNC(=O)CCNC(=O)c1ccc(Br)cc1. The quantitative estimate of drug-likeness (QED) is 0.656. The molecule has 0 heterocycles. The van der Waals surface area contributed by atoms with Crippen molar-refractivity contribution in [2.24, 2.45) is 0 Å². The summed E-state index contributed by atoms with van der Waals surface area (Å²) in [5.74, 6) is -0.244. The first-order valence-electron chi connectivity index (χ1n) is 7.41. The average molecular weight is 371 g/mol. The zero-order chi connectivity index (χ0) is 16.4. The first-order chi connectivity index (χ1) is 10.5. The van der Waals surface area contributed by atoms with Crippen molar-refractivity contribution in [1.29, 1.82) is 0 Å². The number of rotatable bonds is 9. The molecule has 0 radical (unpaired) electrons. The van der Waals surface area contributed by atoms with E-state index < -0.39 is 0 Å². The molecule has 0 atom stereocenters. The van der Waals surface area contributed by atoms with Crippen LogP contribution < -0.4 is 10.6 Å². The molecule has 0 aliphatic rings. The van der Waals surface area contributed by atoms with Crippen LogP contribution in [0.1, 0.15) is 37.0 Å². The molecule has 5 nitrogen and oxygen atoms in total. The van der Waals surface area contributed by atoms with Crippen molar-refractivity contribution >= 4 is 27.7 Å². The predicted molar refractivity (Wildman–Crippen MR) is 89.8 cm³/mol. The Bertz CT molecular complexity index is 475. The van der Waals surface area contributed by atoms with Crippen LogP contribution in [0.25, 0.3) is 0 Å². The van der Waals surface area contributed by atoms with E-state index in [2.05, 4.69) is 26.6 Å². The average Bonchev–Trinajstić information content (AvgIpc) is 2.47. The molecule has 0 spiro atoms. The van der Waals surface area contributed by atoms with Crippen LogP contribution in [-0.4, -0.2) is 37.6 Å². The van der Waals surface area contributed by atoms with Gasteiger partial charge < -0.3 is 15.4 Å². The van der Waals surface area contributed by atoms with Crippen molar-refractivity contribution in [2.45, 2.75) is 32.8 Å². The lowest BCUT2D eigenvalue weighted by Crippen LogP contribution is -2.31. The van der Waals surface area contributed by atoms with Gasteiger partial charge in [-0.05, 0) is 44.5 Å². The van der Waals surface area contributed by atoms with E-state index in [-0.39, 0.29) is 24.3 Å². The Morgan fingerprint density at radius 3 is 2.45 bits per heavy atom.